The SMILES string of the molecule is C=C/C(=C(\N=C/C)[C@H](C)OC)c1c2c3cc(ccc3n1CC)C1CSC(=N1)[C@@H](OCCN1CC(OC)C1)[C@H](NC(=O)[C@H]1[C@H](C)[C@@H]1C)C(=O)N1CCC[C@H](N1)C(=O)OCC(C)(C)C2. The van der Waals surface area contributed by atoms with Crippen LogP contribution in [0.2, 0.25) is 0 Å². The van der Waals surface area contributed by atoms with Crippen molar-refractivity contribution < 1.29 is 33.3 Å². The molecule has 2 amide bonds. The van der Waals surface area contributed by atoms with Crippen molar-refractivity contribution in [3.05, 3.63) is 53.4 Å². The lowest BCUT2D eigenvalue weighted by Crippen LogP contribution is -2.63. The van der Waals surface area contributed by atoms with Crippen molar-refractivity contribution in [3.8, 4) is 0 Å². The molecule has 338 valence electrons. The highest BCUT2D eigenvalue weighted by atomic mass is 32.2. The van der Waals surface area contributed by atoms with Crippen LogP contribution in [0.5, 0.6) is 0 Å². The number of cyclic esters (lactones) is 1. The van der Waals surface area contributed by atoms with Gasteiger partial charge in [-0.2, -0.15) is 0 Å². The second-order valence-corrected chi connectivity index (χ2v) is 19.4. The number of methoxy groups -OCH3 is 2. The van der Waals surface area contributed by atoms with Crippen molar-refractivity contribution >= 4 is 57.3 Å². The number of carbonyl (C=O) groups is 3. The quantitative estimate of drug-likeness (QED) is 0.148. The number of amides is 2. The molecular weight excluding hydrogens is 807 g/mol. The number of carbonyl (C=O) groups excluding carboxylic acids is 3. The van der Waals surface area contributed by atoms with Gasteiger partial charge >= 0.3 is 5.97 Å². The first-order chi connectivity index (χ1) is 29.7. The third kappa shape index (κ3) is 9.49. The van der Waals surface area contributed by atoms with Crippen LogP contribution in [0.3, 0.4) is 0 Å². The third-order valence-corrected chi connectivity index (χ3v) is 14.6. The summed E-state index contributed by atoms with van der Waals surface area (Å²) in [6.07, 6.45) is 4.36. The van der Waals surface area contributed by atoms with E-state index in [4.69, 9.17) is 28.9 Å². The first-order valence-corrected chi connectivity index (χ1v) is 23.4. The number of likely N-dealkylation sites (tertiary alicyclic amines) is 1. The molecule has 5 aliphatic rings. The number of hydrazine groups is 1. The van der Waals surface area contributed by atoms with E-state index in [2.05, 4.69) is 79.6 Å². The molecule has 0 spiro atoms. The van der Waals surface area contributed by atoms with Crippen molar-refractivity contribution in [2.24, 2.45) is 33.2 Å². The monoisotopic (exact) mass is 873 g/mol. The van der Waals surface area contributed by atoms with E-state index in [0.29, 0.717) is 56.3 Å². The summed E-state index contributed by atoms with van der Waals surface area (Å²) in [6, 6.07) is 4.52. The molecule has 1 aromatic carbocycles. The zero-order chi connectivity index (χ0) is 44.5. The van der Waals surface area contributed by atoms with Crippen LogP contribution in [0.15, 0.2) is 46.5 Å². The van der Waals surface area contributed by atoms with Crippen molar-refractivity contribution in [1.82, 2.24) is 25.2 Å². The summed E-state index contributed by atoms with van der Waals surface area (Å²) in [5.74, 6) is -0.104. The molecule has 62 heavy (non-hydrogen) atoms. The van der Waals surface area contributed by atoms with Gasteiger partial charge in [0.05, 0.1) is 42.9 Å². The van der Waals surface area contributed by atoms with Crippen molar-refractivity contribution in [2.45, 2.75) is 111 Å². The number of aromatic nitrogens is 1. The highest BCUT2D eigenvalue weighted by Crippen LogP contribution is 2.46. The van der Waals surface area contributed by atoms with E-state index in [0.717, 1.165) is 52.1 Å². The Morgan fingerprint density at radius 2 is 1.97 bits per heavy atom. The molecule has 1 saturated carbocycles. The Labute approximate surface area is 371 Å². The number of aliphatic imine (C=N–C) groups is 2. The largest absolute Gasteiger partial charge is 0.464 e. The predicted molar refractivity (Wildman–Crippen MR) is 245 cm³/mol. The van der Waals surface area contributed by atoms with Gasteiger partial charge in [-0.3, -0.25) is 34.3 Å². The molecule has 8 atom stereocenters. The number of esters is 1. The lowest BCUT2D eigenvalue weighted by molar-refractivity contribution is -0.156. The number of fused-ring (bicyclic) bond motifs is 5. The zero-order valence-corrected chi connectivity index (χ0v) is 38.9. The zero-order valence-electron chi connectivity index (χ0n) is 38.1. The number of hydrogen-bond donors (Lipinski definition) is 2. The summed E-state index contributed by atoms with van der Waals surface area (Å²) in [7, 11) is 3.41. The van der Waals surface area contributed by atoms with Crippen LogP contribution in [0.4, 0.5) is 0 Å². The molecule has 2 N–H and O–H groups in total. The van der Waals surface area contributed by atoms with Crippen LogP contribution >= 0.6 is 11.8 Å². The van der Waals surface area contributed by atoms with E-state index >= 15 is 0 Å². The van der Waals surface area contributed by atoms with Crippen LogP contribution in [-0.4, -0.2) is 133 Å². The van der Waals surface area contributed by atoms with Gasteiger partial charge in [0.25, 0.3) is 5.91 Å². The second-order valence-electron chi connectivity index (χ2n) is 18.3. The summed E-state index contributed by atoms with van der Waals surface area (Å²) in [5, 5.41) is 6.39. The molecule has 1 aliphatic carbocycles. The van der Waals surface area contributed by atoms with Crippen molar-refractivity contribution in [2.75, 3.05) is 59.4 Å². The number of nitrogens with zero attached hydrogens (tertiary/aromatic N) is 5. The molecule has 7 rings (SSSR count). The summed E-state index contributed by atoms with van der Waals surface area (Å²) in [6.45, 7) is 22.5. The van der Waals surface area contributed by atoms with Crippen LogP contribution in [0.1, 0.15) is 84.2 Å². The first kappa shape index (κ1) is 46.1. The van der Waals surface area contributed by atoms with Crippen LogP contribution < -0.4 is 10.7 Å². The minimum atomic E-state index is -1.08. The summed E-state index contributed by atoms with van der Waals surface area (Å²) >= 11 is 1.57. The number of rotatable bonds is 13. The lowest BCUT2D eigenvalue weighted by atomic mass is 9.84. The van der Waals surface area contributed by atoms with Crippen molar-refractivity contribution in [1.29, 1.82) is 0 Å². The standard InChI is InChI=1S/C47H67N7O7S/c1-11-32(39(48-12-2)29(6)58-9)41-34-22-47(7,8)26-61-46(57)35-15-14-18-54(51-35)45(56)40(50-43(55)38-27(4)28(38)5)42(60-20-19-52-23-31(24-52)59-10)44-49-36(25-62-44)30-16-17-37(33(34)21-30)53(41)13-3/h11-12,16-17,21,27-29,31,35-36,38,40,42,51H,1,13-15,18-20,22-26H2,2-10H3,(H,50,55)/b39-32+,48-12-/t27-,28+,29-,35-,36?,38+,40-,42-/m0/s1. The van der Waals surface area contributed by atoms with Gasteiger partial charge < -0.3 is 28.8 Å². The molecule has 15 heteroatoms. The Bertz CT molecular complexity index is 2100. The Morgan fingerprint density at radius 1 is 1.21 bits per heavy atom. The van der Waals surface area contributed by atoms with Gasteiger partial charge in [0.1, 0.15) is 23.2 Å². The van der Waals surface area contributed by atoms with E-state index in [1.165, 1.54) is 5.01 Å². The van der Waals surface area contributed by atoms with E-state index in [1.807, 2.05) is 19.9 Å². The fourth-order valence-electron chi connectivity index (χ4n) is 9.46. The normalized spacial score (nSPS) is 29.1. The fraction of sp³-hybridized carbons (Fsp3) is 0.638. The van der Waals surface area contributed by atoms with Crippen LogP contribution in [-0.2, 0) is 46.3 Å². The number of allylic oxidation sites excluding steroid dienone is 2. The topological polar surface area (TPSA) is 148 Å². The van der Waals surface area contributed by atoms with Gasteiger partial charge in [0.15, 0.2) is 0 Å². The predicted octanol–water partition coefficient (Wildman–Crippen LogP) is 5.59. The number of thioether (sulfide) groups is 1. The number of benzene rings is 1. The van der Waals surface area contributed by atoms with Gasteiger partial charge in [0.2, 0.25) is 5.91 Å². The van der Waals surface area contributed by atoms with Gasteiger partial charge in [-0.25, -0.2) is 5.43 Å². The molecule has 5 heterocycles. The number of hydrogen-bond acceptors (Lipinski definition) is 12. The Balaban J connectivity index is 1.36. The summed E-state index contributed by atoms with van der Waals surface area (Å²) < 4.78 is 26.6. The number of aryl methyl sites for hydroxylation is 1. The Hall–Kier alpha value is -3.86. The van der Waals surface area contributed by atoms with E-state index in [1.54, 1.807) is 32.2 Å². The van der Waals surface area contributed by atoms with Gasteiger partial charge in [-0.15, -0.1) is 11.8 Å². The highest BCUT2D eigenvalue weighted by molar-refractivity contribution is 8.14. The first-order valence-electron chi connectivity index (χ1n) is 22.4. The van der Waals surface area contributed by atoms with E-state index in [-0.39, 0.29) is 54.4 Å². The van der Waals surface area contributed by atoms with E-state index in [9.17, 15) is 14.4 Å². The maximum Gasteiger partial charge on any atom is 0.324 e. The molecule has 4 aliphatic heterocycles. The smallest absolute Gasteiger partial charge is 0.324 e. The van der Waals surface area contributed by atoms with Gasteiger partial charge in [-0.1, -0.05) is 46.4 Å². The average molecular weight is 874 g/mol. The molecule has 1 unspecified atom stereocenters. The van der Waals surface area contributed by atoms with E-state index < -0.39 is 29.6 Å². The maximum atomic E-state index is 14.9. The number of ether oxygens (including phenoxy) is 4. The lowest BCUT2D eigenvalue weighted by Gasteiger charge is -2.39. The molecule has 2 saturated heterocycles. The molecule has 6 bridgehead atoms. The fourth-order valence-corrected chi connectivity index (χ4v) is 10.6. The molecule has 1 aromatic heterocycles. The summed E-state index contributed by atoms with van der Waals surface area (Å²) in [4.78, 5) is 55.2. The maximum absolute atomic E-state index is 14.9. The average Bonchev–Trinajstić information content (AvgIpc) is 3.52. The Kier molecular flexibility index (Phi) is 14.5. The molecule has 2 aromatic rings. The molecule has 0 radical (unpaired) electrons. The molecular formula is C47H67N7O7S. The highest BCUT2D eigenvalue weighted by Gasteiger charge is 2.51. The van der Waals surface area contributed by atoms with Gasteiger partial charge in [0, 0.05) is 86.7 Å². The second kappa shape index (κ2) is 19.5. The van der Waals surface area contributed by atoms with Crippen LogP contribution in [0.25, 0.3) is 16.5 Å². The van der Waals surface area contributed by atoms with Crippen LogP contribution in [0, 0.1) is 23.2 Å². The van der Waals surface area contributed by atoms with Gasteiger partial charge in [-0.05, 0) is 75.1 Å². The van der Waals surface area contributed by atoms with Crippen molar-refractivity contribution in [3.63, 3.8) is 0 Å². The minimum absolute atomic E-state index is 0.152. The molecule has 14 nitrogen and oxygen atoms in total. The molecule has 3 fully saturated rings. The Morgan fingerprint density at radius 3 is 2.63 bits per heavy atom. The number of nitrogens with one attached hydrogen (secondary N) is 2. The third-order valence-electron chi connectivity index (χ3n) is 13.5. The minimum Gasteiger partial charge on any atom is -0.464 e. The summed E-state index contributed by atoms with van der Waals surface area (Å²) in [5.41, 5.74) is 8.57.